The molecule has 6 heavy (non-hydrogen) atoms. The Hall–Kier alpha value is 1.17. The minimum Gasteiger partial charge on any atom is -0.251 e. The molecular formula is H3Cl2FOP2. The van der Waals surface area contributed by atoms with Gasteiger partial charge in [0.25, 0.3) is 0 Å². The maximum atomic E-state index is 10.8. The van der Waals surface area contributed by atoms with Crippen LogP contribution in [0.25, 0.3) is 0 Å². The first kappa shape index (κ1) is 10.2. The lowest BCUT2D eigenvalue weighted by atomic mass is 16.0. The highest BCUT2D eigenvalue weighted by Crippen LogP contribution is 2.57. The largest absolute Gasteiger partial charge is 0.415 e. The summed E-state index contributed by atoms with van der Waals surface area (Å²) in [6.45, 7) is 0. The normalized spacial score (nSPS) is 9.83. The molecule has 0 fully saturated rings. The van der Waals surface area contributed by atoms with Gasteiger partial charge in [-0.2, -0.15) is 14.1 Å². The number of rotatable bonds is 0. The molecule has 0 aromatic carbocycles. The van der Waals surface area contributed by atoms with Crippen molar-refractivity contribution in [2.75, 3.05) is 0 Å². The molecule has 1 atom stereocenters. The van der Waals surface area contributed by atoms with Crippen molar-refractivity contribution in [1.29, 1.82) is 0 Å². The SMILES string of the molecule is O=P(F)(Cl)Cl.P. The maximum Gasteiger partial charge on any atom is 0.415 e. The zero-order chi connectivity index (χ0) is 4.50. The molecule has 0 heterocycles. The molecule has 6 heteroatoms. The van der Waals surface area contributed by atoms with Crippen molar-refractivity contribution in [2.24, 2.45) is 0 Å². The van der Waals surface area contributed by atoms with Crippen LogP contribution in [0.4, 0.5) is 4.20 Å². The molecule has 0 aliphatic heterocycles. The predicted octanol–water partition coefficient (Wildman–Crippen LogP) is 2.60. The van der Waals surface area contributed by atoms with Crippen LogP contribution in [0, 0.1) is 0 Å². The Kier molecular flexibility index (Phi) is 5.46. The Morgan fingerprint density at radius 2 is 1.50 bits per heavy atom. The van der Waals surface area contributed by atoms with Gasteiger partial charge in [0.15, 0.2) is 0 Å². The predicted molar refractivity (Wildman–Crippen MR) is 31.5 cm³/mol. The summed E-state index contributed by atoms with van der Waals surface area (Å²) in [5.41, 5.74) is 0. The van der Waals surface area contributed by atoms with E-state index in [0.29, 0.717) is 0 Å². The molecule has 0 radical (unpaired) electrons. The lowest BCUT2D eigenvalue weighted by Gasteiger charge is -1.72. The van der Waals surface area contributed by atoms with Gasteiger partial charge in [0.2, 0.25) is 0 Å². The molecule has 0 saturated carbocycles. The average molecular weight is 171 g/mol. The Morgan fingerprint density at radius 3 is 1.50 bits per heavy atom. The highest BCUT2D eigenvalue weighted by molar-refractivity contribution is 8.05. The van der Waals surface area contributed by atoms with Gasteiger partial charge in [-0.15, -0.1) is 0 Å². The molecule has 1 nitrogen and oxygen atoms in total. The Balaban J connectivity index is 0. The van der Waals surface area contributed by atoms with E-state index >= 15 is 0 Å². The van der Waals surface area contributed by atoms with E-state index in [2.05, 4.69) is 22.5 Å². The van der Waals surface area contributed by atoms with Crippen LogP contribution in [0.2, 0.25) is 0 Å². The molecule has 0 saturated heterocycles. The van der Waals surface area contributed by atoms with Crippen molar-refractivity contribution >= 4 is 38.5 Å². The zero-order valence-corrected chi connectivity index (χ0v) is 6.52. The van der Waals surface area contributed by atoms with E-state index in [1.54, 1.807) is 0 Å². The molecule has 0 rings (SSSR count). The van der Waals surface area contributed by atoms with Gasteiger partial charge in [0.1, 0.15) is 0 Å². The van der Waals surface area contributed by atoms with E-state index in [0.717, 1.165) is 0 Å². The second kappa shape index (κ2) is 3.21. The molecule has 1 unspecified atom stereocenters. The number of halogens is 3. The summed E-state index contributed by atoms with van der Waals surface area (Å²) in [5, 5.41) is 0. The summed E-state index contributed by atoms with van der Waals surface area (Å²) < 4.78 is 19.9. The van der Waals surface area contributed by atoms with Crippen LogP contribution in [-0.2, 0) is 4.57 Å². The fraction of sp³-hybridized carbons (Fsp3) is 0. The van der Waals surface area contributed by atoms with Gasteiger partial charge < -0.3 is 0 Å². The van der Waals surface area contributed by atoms with Crippen LogP contribution >= 0.6 is 38.5 Å². The summed E-state index contributed by atoms with van der Waals surface area (Å²) in [6, 6.07) is 0. The second-order valence-corrected chi connectivity index (χ2v) is 4.32. The summed E-state index contributed by atoms with van der Waals surface area (Å²) in [5.74, 6) is 0. The number of hydrogen-bond donors (Lipinski definition) is 0. The molecular weight excluding hydrogens is 168 g/mol. The maximum absolute atomic E-state index is 10.8. The molecule has 0 aromatic heterocycles. The van der Waals surface area contributed by atoms with E-state index in [9.17, 15) is 4.20 Å². The molecule has 0 N–H and O–H groups in total. The van der Waals surface area contributed by atoms with Crippen molar-refractivity contribution in [1.82, 2.24) is 0 Å². The minimum atomic E-state index is -4.19. The van der Waals surface area contributed by atoms with Crippen molar-refractivity contribution in [2.45, 2.75) is 0 Å². The molecule has 0 spiro atoms. The van der Waals surface area contributed by atoms with Gasteiger partial charge in [0.05, 0.1) is 0 Å². The number of hydrogen-bond acceptors (Lipinski definition) is 1. The first-order chi connectivity index (χ1) is 2.00. The fourth-order valence-corrected chi connectivity index (χ4v) is 0. The van der Waals surface area contributed by atoms with E-state index in [1.165, 1.54) is 0 Å². The summed E-state index contributed by atoms with van der Waals surface area (Å²) in [4.78, 5) is 0. The Bertz CT molecular complexity index is 57.7. The molecule has 0 amide bonds. The molecule has 40 valence electrons. The third kappa shape index (κ3) is 65.7. The van der Waals surface area contributed by atoms with Crippen molar-refractivity contribution in [3.05, 3.63) is 0 Å². The molecule has 0 aromatic rings. The van der Waals surface area contributed by atoms with E-state index in [4.69, 9.17) is 4.57 Å². The van der Waals surface area contributed by atoms with Crippen LogP contribution in [0.1, 0.15) is 0 Å². The lowest BCUT2D eigenvalue weighted by molar-refractivity contribution is 0.566. The highest BCUT2D eigenvalue weighted by atomic mass is 35.9. The van der Waals surface area contributed by atoms with Crippen LogP contribution in [0.3, 0.4) is 0 Å². The van der Waals surface area contributed by atoms with Gasteiger partial charge in [0, 0.05) is 0 Å². The molecule has 0 bridgehead atoms. The van der Waals surface area contributed by atoms with E-state index in [-0.39, 0.29) is 9.90 Å². The second-order valence-electron chi connectivity index (χ2n) is 0.399. The lowest BCUT2D eigenvalue weighted by Crippen LogP contribution is -1.23. The summed E-state index contributed by atoms with van der Waals surface area (Å²) >= 11 is 8.37. The Morgan fingerprint density at radius 1 is 1.50 bits per heavy atom. The van der Waals surface area contributed by atoms with Gasteiger partial charge in [-0.25, -0.2) is 0 Å². The highest BCUT2D eigenvalue weighted by Gasteiger charge is 2.06. The van der Waals surface area contributed by atoms with Crippen molar-refractivity contribution in [3.63, 3.8) is 0 Å². The zero-order valence-electron chi connectivity index (χ0n) is 2.70. The van der Waals surface area contributed by atoms with E-state index in [1.807, 2.05) is 0 Å². The summed E-state index contributed by atoms with van der Waals surface area (Å²) in [6.07, 6.45) is -4.19. The minimum absolute atomic E-state index is 0. The smallest absolute Gasteiger partial charge is 0.251 e. The van der Waals surface area contributed by atoms with Crippen molar-refractivity contribution in [3.8, 4) is 0 Å². The third-order valence-electron chi connectivity index (χ3n) is 0. The van der Waals surface area contributed by atoms with Crippen LogP contribution in [0.15, 0.2) is 0 Å². The summed E-state index contributed by atoms with van der Waals surface area (Å²) in [7, 11) is 0. The van der Waals surface area contributed by atoms with Gasteiger partial charge in [-0.05, 0) is 22.5 Å². The topological polar surface area (TPSA) is 17.1 Å². The molecule has 0 aliphatic carbocycles. The van der Waals surface area contributed by atoms with Gasteiger partial charge in [-0.3, -0.25) is 4.57 Å². The monoisotopic (exact) mass is 170 g/mol. The first-order valence-electron chi connectivity index (χ1n) is 0.690. The van der Waals surface area contributed by atoms with Crippen LogP contribution in [-0.4, -0.2) is 0 Å². The van der Waals surface area contributed by atoms with Crippen LogP contribution in [0.5, 0.6) is 0 Å². The van der Waals surface area contributed by atoms with Gasteiger partial charge >= 0.3 is 6.16 Å². The standard InChI is InChI=1S/Cl2FOP.H3P/c1-5(2,3)4;/h;1H3. The van der Waals surface area contributed by atoms with E-state index < -0.39 is 6.16 Å². The molecule has 0 aliphatic rings. The average Bonchev–Trinajstić information content (AvgIpc) is 0.722. The third-order valence-corrected chi connectivity index (χ3v) is 0. The fourth-order valence-electron chi connectivity index (χ4n) is 0. The van der Waals surface area contributed by atoms with Crippen molar-refractivity contribution < 1.29 is 8.76 Å². The van der Waals surface area contributed by atoms with Gasteiger partial charge in [-0.1, -0.05) is 0 Å². The quantitative estimate of drug-likeness (QED) is 0.511. The van der Waals surface area contributed by atoms with Crippen LogP contribution < -0.4 is 0 Å². The first-order valence-corrected chi connectivity index (χ1v) is 4.10. The Labute approximate surface area is 47.9 Å².